The van der Waals surface area contributed by atoms with Gasteiger partial charge in [0, 0.05) is 5.41 Å². The van der Waals surface area contributed by atoms with Crippen molar-refractivity contribution in [2.24, 2.45) is 16.6 Å². The average Bonchev–Trinajstić information content (AvgIpc) is 1.95. The highest BCUT2D eigenvalue weighted by Crippen LogP contribution is 2.24. The van der Waals surface area contributed by atoms with Gasteiger partial charge in [-0.3, -0.25) is 4.79 Å². The molecule has 0 aliphatic rings. The third-order valence-electron chi connectivity index (χ3n) is 2.28. The first kappa shape index (κ1) is 13.6. The van der Waals surface area contributed by atoms with Crippen LogP contribution in [0.4, 0.5) is 0 Å². The molecule has 1 atom stereocenters. The van der Waals surface area contributed by atoms with Crippen molar-refractivity contribution in [2.45, 2.75) is 60.4 Å². The number of hydrogen-bond acceptors (Lipinski definition) is 2. The molecule has 14 heavy (non-hydrogen) atoms. The molecule has 0 rings (SSSR count). The van der Waals surface area contributed by atoms with Gasteiger partial charge in [0.1, 0.15) is 0 Å². The van der Waals surface area contributed by atoms with Crippen molar-refractivity contribution in [1.82, 2.24) is 0 Å². The zero-order valence-corrected chi connectivity index (χ0v) is 10.5. The van der Waals surface area contributed by atoms with Gasteiger partial charge >= 0.3 is 0 Å². The van der Waals surface area contributed by atoms with Crippen LogP contribution in [0.2, 0.25) is 0 Å². The molecule has 2 nitrogen and oxygen atoms in total. The van der Waals surface area contributed by atoms with Gasteiger partial charge in [-0.25, -0.2) is 0 Å². The maximum absolute atomic E-state index is 11.8. The molecule has 0 fully saturated rings. The van der Waals surface area contributed by atoms with E-state index < -0.39 is 0 Å². The first-order valence-corrected chi connectivity index (χ1v) is 5.34. The molecule has 2 N–H and O–H groups in total. The van der Waals surface area contributed by atoms with E-state index in [1.165, 1.54) is 0 Å². The smallest absolute Gasteiger partial charge is 0.154 e. The fourth-order valence-electron chi connectivity index (χ4n) is 1.28. The lowest BCUT2D eigenvalue weighted by atomic mass is 9.82. The molecule has 0 saturated carbocycles. The van der Waals surface area contributed by atoms with E-state index >= 15 is 0 Å². The summed E-state index contributed by atoms with van der Waals surface area (Å²) in [5.74, 6) is 0.168. The number of carbonyl (C=O) groups is 1. The predicted octanol–water partition coefficient (Wildman–Crippen LogP) is 2.76. The molecule has 84 valence electrons. The highest BCUT2D eigenvalue weighted by molar-refractivity contribution is 5.88. The van der Waals surface area contributed by atoms with Crippen LogP contribution in [0.5, 0.6) is 0 Å². The number of rotatable bonds is 3. The lowest BCUT2D eigenvalue weighted by Gasteiger charge is -2.24. The van der Waals surface area contributed by atoms with E-state index in [9.17, 15) is 4.79 Å². The van der Waals surface area contributed by atoms with Crippen molar-refractivity contribution in [3.8, 4) is 0 Å². The molecule has 0 amide bonds. The van der Waals surface area contributed by atoms with Crippen molar-refractivity contribution in [3.05, 3.63) is 0 Å². The Morgan fingerprint density at radius 3 is 1.86 bits per heavy atom. The molecule has 0 heterocycles. The van der Waals surface area contributed by atoms with Crippen molar-refractivity contribution in [3.63, 3.8) is 0 Å². The first-order valence-electron chi connectivity index (χ1n) is 5.34. The topological polar surface area (TPSA) is 43.1 Å². The highest BCUT2D eigenvalue weighted by Gasteiger charge is 2.27. The summed E-state index contributed by atoms with van der Waals surface area (Å²) < 4.78 is 0. The van der Waals surface area contributed by atoms with Crippen LogP contribution >= 0.6 is 0 Å². The summed E-state index contributed by atoms with van der Waals surface area (Å²) in [6.07, 6.45) is 1.79. The van der Waals surface area contributed by atoms with Gasteiger partial charge < -0.3 is 5.73 Å². The van der Waals surface area contributed by atoms with Crippen LogP contribution in [-0.2, 0) is 4.79 Å². The molecular weight excluding hydrogens is 174 g/mol. The highest BCUT2D eigenvalue weighted by atomic mass is 16.1. The summed E-state index contributed by atoms with van der Waals surface area (Å²) in [5, 5.41) is 0. The van der Waals surface area contributed by atoms with Gasteiger partial charge in [0.15, 0.2) is 5.78 Å². The van der Waals surface area contributed by atoms with Gasteiger partial charge in [0.25, 0.3) is 0 Å². The number of hydrogen-bond donors (Lipinski definition) is 1. The number of Topliss-reactive ketones (excluding diaryl/α,β-unsaturated/α-hetero) is 1. The van der Waals surface area contributed by atoms with E-state index in [1.54, 1.807) is 0 Å². The summed E-state index contributed by atoms with van der Waals surface area (Å²) in [5.41, 5.74) is 5.81. The minimum atomic E-state index is -0.308. The van der Waals surface area contributed by atoms with Crippen LogP contribution < -0.4 is 5.73 Å². The van der Waals surface area contributed by atoms with E-state index in [1.807, 2.05) is 20.8 Å². The number of nitrogens with two attached hydrogens (primary N) is 1. The second-order valence-corrected chi connectivity index (χ2v) is 6.32. The molecule has 0 bridgehead atoms. The van der Waals surface area contributed by atoms with E-state index in [0.29, 0.717) is 0 Å². The van der Waals surface area contributed by atoms with Gasteiger partial charge in [0.05, 0.1) is 6.04 Å². The first-order chi connectivity index (χ1) is 6.04. The molecule has 0 radical (unpaired) electrons. The molecule has 0 aromatic carbocycles. The minimum absolute atomic E-state index is 0.168. The summed E-state index contributed by atoms with van der Waals surface area (Å²) in [6, 6.07) is -0.297. The molecular formula is C12H25NO. The van der Waals surface area contributed by atoms with Crippen LogP contribution in [0, 0.1) is 10.8 Å². The fraction of sp³-hybridized carbons (Fsp3) is 0.917. The van der Waals surface area contributed by atoms with E-state index in [4.69, 9.17) is 5.73 Å². The second kappa shape index (κ2) is 4.43. The Morgan fingerprint density at radius 1 is 1.14 bits per heavy atom. The SMILES string of the molecule is CC(C)(C)CC[C@H](N)C(=O)C(C)(C)C. The minimum Gasteiger partial charge on any atom is -0.321 e. The lowest BCUT2D eigenvalue weighted by Crippen LogP contribution is -2.39. The molecule has 0 saturated heterocycles. The van der Waals surface area contributed by atoms with Crippen LogP contribution in [0.15, 0.2) is 0 Å². The third kappa shape index (κ3) is 5.38. The molecule has 0 aromatic rings. The summed E-state index contributed by atoms with van der Waals surface area (Å²) in [7, 11) is 0. The Kier molecular flexibility index (Phi) is 4.32. The van der Waals surface area contributed by atoms with Gasteiger partial charge in [-0.05, 0) is 18.3 Å². The molecule has 2 heteroatoms. The maximum Gasteiger partial charge on any atom is 0.154 e. The average molecular weight is 199 g/mol. The van der Waals surface area contributed by atoms with Crippen molar-refractivity contribution < 1.29 is 4.79 Å². The molecule has 0 aromatic heterocycles. The third-order valence-corrected chi connectivity index (χ3v) is 2.28. The van der Waals surface area contributed by atoms with Crippen molar-refractivity contribution in [2.75, 3.05) is 0 Å². The zero-order valence-electron chi connectivity index (χ0n) is 10.5. The van der Waals surface area contributed by atoms with Gasteiger partial charge in [-0.1, -0.05) is 41.5 Å². The monoisotopic (exact) mass is 199 g/mol. The fourth-order valence-corrected chi connectivity index (χ4v) is 1.28. The number of carbonyl (C=O) groups excluding carboxylic acids is 1. The Hall–Kier alpha value is -0.370. The van der Waals surface area contributed by atoms with Crippen molar-refractivity contribution in [1.29, 1.82) is 0 Å². The molecule has 0 unspecified atom stereocenters. The van der Waals surface area contributed by atoms with Crippen LogP contribution in [-0.4, -0.2) is 11.8 Å². The second-order valence-electron chi connectivity index (χ2n) is 6.32. The Labute approximate surface area is 88.3 Å². The summed E-state index contributed by atoms with van der Waals surface area (Å²) in [6.45, 7) is 12.3. The molecule has 0 spiro atoms. The molecule has 0 aliphatic carbocycles. The van der Waals surface area contributed by atoms with E-state index in [0.717, 1.165) is 12.8 Å². The van der Waals surface area contributed by atoms with Crippen molar-refractivity contribution >= 4 is 5.78 Å². The Balaban J connectivity index is 4.11. The molecule has 0 aliphatic heterocycles. The quantitative estimate of drug-likeness (QED) is 0.759. The largest absolute Gasteiger partial charge is 0.321 e. The van der Waals surface area contributed by atoms with Gasteiger partial charge in [0.2, 0.25) is 0 Å². The Morgan fingerprint density at radius 2 is 1.57 bits per heavy atom. The summed E-state index contributed by atoms with van der Waals surface area (Å²) >= 11 is 0. The normalized spacial score (nSPS) is 15.4. The van der Waals surface area contributed by atoms with Crippen LogP contribution in [0.3, 0.4) is 0 Å². The van der Waals surface area contributed by atoms with E-state index in [-0.39, 0.29) is 22.7 Å². The van der Waals surface area contributed by atoms with Gasteiger partial charge in [-0.2, -0.15) is 0 Å². The van der Waals surface area contributed by atoms with Crippen LogP contribution in [0.1, 0.15) is 54.4 Å². The summed E-state index contributed by atoms with van der Waals surface area (Å²) in [4.78, 5) is 11.8. The standard InChI is InChI=1S/C12H25NO/c1-11(2,3)8-7-9(13)10(14)12(4,5)6/h9H,7-8,13H2,1-6H3/t9-/m0/s1. The lowest BCUT2D eigenvalue weighted by molar-refractivity contribution is -0.127. The predicted molar refractivity (Wildman–Crippen MR) is 61.1 cm³/mol. The maximum atomic E-state index is 11.8. The van der Waals surface area contributed by atoms with Gasteiger partial charge in [-0.15, -0.1) is 0 Å². The Bertz CT molecular complexity index is 195. The van der Waals surface area contributed by atoms with E-state index in [2.05, 4.69) is 20.8 Å². The van der Waals surface area contributed by atoms with Crippen LogP contribution in [0.25, 0.3) is 0 Å². The number of ketones is 1. The zero-order chi connectivity index (χ0) is 11.6.